The molecule has 0 aromatic carbocycles. The van der Waals surface area contributed by atoms with Gasteiger partial charge in [-0.1, -0.05) is 18.7 Å². The first-order chi connectivity index (χ1) is 5.27. The molecule has 0 N–H and O–H groups in total. The van der Waals surface area contributed by atoms with E-state index in [-0.39, 0.29) is 0 Å². The van der Waals surface area contributed by atoms with Crippen LogP contribution < -0.4 is 0 Å². The predicted octanol–water partition coefficient (Wildman–Crippen LogP) is 2.81. The molecule has 1 nitrogen and oxygen atoms in total. The third-order valence-electron chi connectivity index (χ3n) is 1.65. The lowest BCUT2D eigenvalue weighted by Gasteiger charge is -2.20. The van der Waals surface area contributed by atoms with E-state index in [0.717, 1.165) is 0 Å². The van der Waals surface area contributed by atoms with Gasteiger partial charge in [0.15, 0.2) is 0 Å². The Hall–Kier alpha value is -1.24. The molecule has 1 heterocycles. The molecule has 0 saturated heterocycles. The van der Waals surface area contributed by atoms with Gasteiger partial charge in [-0.3, -0.25) is 0 Å². The van der Waals surface area contributed by atoms with Crippen molar-refractivity contribution in [3.05, 3.63) is 48.5 Å². The monoisotopic (exact) mass is 147 g/mol. The Bertz CT molecular complexity index is 244. The molecule has 1 aliphatic rings. The number of rotatable bonds is 1. The maximum Gasteiger partial charge on any atom is 0.0406 e. The molecule has 1 rings (SSSR count). The standard InChI is InChI=1S/C10H13N/c1-4-10-7-6-9(3)8-11(10)5-2/h4-8H,2H2,1,3H3/b10-4-. The molecule has 0 saturated carbocycles. The fourth-order valence-electron chi connectivity index (χ4n) is 1.04. The van der Waals surface area contributed by atoms with Crippen LogP contribution in [-0.2, 0) is 0 Å². The normalized spacial score (nSPS) is 20.4. The molecule has 0 fully saturated rings. The van der Waals surface area contributed by atoms with Crippen molar-refractivity contribution < 1.29 is 0 Å². The summed E-state index contributed by atoms with van der Waals surface area (Å²) in [6, 6.07) is 0. The van der Waals surface area contributed by atoms with Crippen LogP contribution in [0, 0.1) is 0 Å². The van der Waals surface area contributed by atoms with Crippen molar-refractivity contribution in [2.24, 2.45) is 0 Å². The van der Waals surface area contributed by atoms with Gasteiger partial charge in [-0.15, -0.1) is 0 Å². The van der Waals surface area contributed by atoms with Crippen molar-refractivity contribution in [1.29, 1.82) is 0 Å². The third kappa shape index (κ3) is 1.61. The molecule has 58 valence electrons. The Morgan fingerprint density at radius 1 is 1.45 bits per heavy atom. The largest absolute Gasteiger partial charge is 0.325 e. The second-order valence-corrected chi connectivity index (χ2v) is 2.51. The highest BCUT2D eigenvalue weighted by Gasteiger charge is 2.02. The summed E-state index contributed by atoms with van der Waals surface area (Å²) >= 11 is 0. The van der Waals surface area contributed by atoms with Gasteiger partial charge in [-0.05, 0) is 25.5 Å². The fourth-order valence-corrected chi connectivity index (χ4v) is 1.04. The average molecular weight is 147 g/mol. The molecule has 0 aliphatic carbocycles. The van der Waals surface area contributed by atoms with Crippen LogP contribution >= 0.6 is 0 Å². The third-order valence-corrected chi connectivity index (χ3v) is 1.65. The Morgan fingerprint density at radius 3 is 2.73 bits per heavy atom. The highest BCUT2D eigenvalue weighted by atomic mass is 15.1. The minimum Gasteiger partial charge on any atom is -0.325 e. The van der Waals surface area contributed by atoms with Gasteiger partial charge in [0.25, 0.3) is 0 Å². The molecular formula is C10H13N. The first-order valence-electron chi connectivity index (χ1n) is 3.71. The van der Waals surface area contributed by atoms with Crippen LogP contribution in [0.1, 0.15) is 13.8 Å². The smallest absolute Gasteiger partial charge is 0.0406 e. The van der Waals surface area contributed by atoms with Crippen LogP contribution in [0.5, 0.6) is 0 Å². The van der Waals surface area contributed by atoms with Gasteiger partial charge in [-0.25, -0.2) is 0 Å². The van der Waals surface area contributed by atoms with Gasteiger partial charge in [0.05, 0.1) is 0 Å². The molecule has 0 atom stereocenters. The zero-order valence-electron chi connectivity index (χ0n) is 7.04. The lowest BCUT2D eigenvalue weighted by molar-refractivity contribution is 0.639. The Kier molecular flexibility index (Phi) is 2.32. The summed E-state index contributed by atoms with van der Waals surface area (Å²) in [6.07, 6.45) is 10.1. The zero-order valence-corrected chi connectivity index (χ0v) is 7.04. The molecule has 1 heteroatoms. The number of nitrogens with zero attached hydrogens (tertiary/aromatic N) is 1. The maximum absolute atomic E-state index is 3.72. The first kappa shape index (κ1) is 7.86. The summed E-state index contributed by atoms with van der Waals surface area (Å²) in [4.78, 5) is 2.01. The Morgan fingerprint density at radius 2 is 2.18 bits per heavy atom. The molecule has 0 unspecified atom stereocenters. The molecule has 11 heavy (non-hydrogen) atoms. The van der Waals surface area contributed by atoms with Crippen LogP contribution in [0.4, 0.5) is 0 Å². The minimum atomic E-state index is 1.17. The average Bonchev–Trinajstić information content (AvgIpc) is 2.04. The lowest BCUT2D eigenvalue weighted by Crippen LogP contribution is -2.09. The number of hydrogen-bond acceptors (Lipinski definition) is 1. The molecule has 0 amide bonds. The van der Waals surface area contributed by atoms with Crippen LogP contribution in [-0.4, -0.2) is 4.90 Å². The van der Waals surface area contributed by atoms with Gasteiger partial charge in [-0.2, -0.15) is 0 Å². The molecular weight excluding hydrogens is 134 g/mol. The molecule has 0 bridgehead atoms. The summed E-state index contributed by atoms with van der Waals surface area (Å²) in [5, 5.41) is 0. The minimum absolute atomic E-state index is 1.17. The predicted molar refractivity (Wildman–Crippen MR) is 48.7 cm³/mol. The fraction of sp³-hybridized carbons (Fsp3) is 0.200. The quantitative estimate of drug-likeness (QED) is 0.551. The van der Waals surface area contributed by atoms with Crippen molar-refractivity contribution in [1.82, 2.24) is 4.90 Å². The molecule has 0 spiro atoms. The summed E-state index contributed by atoms with van der Waals surface area (Å²) < 4.78 is 0. The first-order valence-corrected chi connectivity index (χ1v) is 3.71. The van der Waals surface area contributed by atoms with Crippen molar-refractivity contribution in [2.75, 3.05) is 0 Å². The summed E-state index contributed by atoms with van der Waals surface area (Å²) in [5.41, 5.74) is 2.42. The van der Waals surface area contributed by atoms with Crippen molar-refractivity contribution in [3.8, 4) is 0 Å². The highest BCUT2D eigenvalue weighted by Crippen LogP contribution is 2.15. The molecule has 0 radical (unpaired) electrons. The molecule has 0 aromatic rings. The summed E-state index contributed by atoms with van der Waals surface area (Å²) in [7, 11) is 0. The van der Waals surface area contributed by atoms with Crippen LogP contribution in [0.25, 0.3) is 0 Å². The Balaban J connectivity index is 2.92. The SMILES string of the molecule is C=CN1C=C(C)C=C/C1=C/C. The van der Waals surface area contributed by atoms with E-state index in [4.69, 9.17) is 0 Å². The topological polar surface area (TPSA) is 3.24 Å². The second-order valence-electron chi connectivity index (χ2n) is 2.51. The molecule has 1 aliphatic heterocycles. The van der Waals surface area contributed by atoms with Gasteiger partial charge in [0.2, 0.25) is 0 Å². The summed E-state index contributed by atoms with van der Waals surface area (Å²) in [5.74, 6) is 0. The second kappa shape index (κ2) is 3.24. The van der Waals surface area contributed by atoms with E-state index in [1.165, 1.54) is 11.3 Å². The number of hydrogen-bond donors (Lipinski definition) is 0. The van der Waals surface area contributed by atoms with Gasteiger partial charge in [0, 0.05) is 18.1 Å². The van der Waals surface area contributed by atoms with Gasteiger partial charge >= 0.3 is 0 Å². The van der Waals surface area contributed by atoms with Gasteiger partial charge in [0.1, 0.15) is 0 Å². The Labute approximate surface area is 68.0 Å². The van der Waals surface area contributed by atoms with Crippen molar-refractivity contribution >= 4 is 0 Å². The van der Waals surface area contributed by atoms with Crippen molar-refractivity contribution in [2.45, 2.75) is 13.8 Å². The van der Waals surface area contributed by atoms with E-state index in [0.29, 0.717) is 0 Å². The van der Waals surface area contributed by atoms with Crippen LogP contribution in [0.3, 0.4) is 0 Å². The highest BCUT2D eigenvalue weighted by molar-refractivity contribution is 5.33. The van der Waals surface area contributed by atoms with Gasteiger partial charge < -0.3 is 4.90 Å². The van der Waals surface area contributed by atoms with E-state index < -0.39 is 0 Å². The van der Waals surface area contributed by atoms with E-state index in [1.54, 1.807) is 0 Å². The van der Waals surface area contributed by atoms with E-state index in [1.807, 2.05) is 18.0 Å². The van der Waals surface area contributed by atoms with E-state index >= 15 is 0 Å². The van der Waals surface area contributed by atoms with E-state index in [2.05, 4.69) is 37.9 Å². The van der Waals surface area contributed by atoms with Crippen molar-refractivity contribution in [3.63, 3.8) is 0 Å². The summed E-state index contributed by atoms with van der Waals surface area (Å²) in [6.45, 7) is 7.81. The lowest BCUT2D eigenvalue weighted by atomic mass is 10.2. The van der Waals surface area contributed by atoms with E-state index in [9.17, 15) is 0 Å². The number of allylic oxidation sites excluding steroid dienone is 4. The van der Waals surface area contributed by atoms with Crippen LogP contribution in [0.2, 0.25) is 0 Å². The van der Waals surface area contributed by atoms with Crippen LogP contribution in [0.15, 0.2) is 48.5 Å². The zero-order chi connectivity index (χ0) is 8.27. The molecule has 0 aromatic heterocycles. The maximum atomic E-state index is 3.72.